The molecule has 9 nitrogen and oxygen atoms in total. The smallest absolute Gasteiger partial charge is 0.244 e. The minimum absolute atomic E-state index is 0.0203. The van der Waals surface area contributed by atoms with Crippen LogP contribution in [0.4, 0.5) is 4.39 Å². The summed E-state index contributed by atoms with van der Waals surface area (Å²) in [7, 11) is -6.32. The van der Waals surface area contributed by atoms with Gasteiger partial charge in [-0.3, -0.25) is 0 Å². The van der Waals surface area contributed by atoms with Gasteiger partial charge in [0.1, 0.15) is 28.8 Å². The van der Waals surface area contributed by atoms with Gasteiger partial charge in [-0.2, -0.15) is 4.31 Å². The van der Waals surface area contributed by atoms with Crippen LogP contribution < -0.4 is 14.2 Å². The molecule has 0 bridgehead atoms. The van der Waals surface area contributed by atoms with Gasteiger partial charge in [-0.25, -0.2) is 25.9 Å². The van der Waals surface area contributed by atoms with E-state index in [2.05, 4.69) is 4.72 Å². The summed E-state index contributed by atoms with van der Waals surface area (Å²) < 4.78 is 82.7. The molecule has 1 N–H and O–H groups in total. The van der Waals surface area contributed by atoms with Crippen molar-refractivity contribution in [2.75, 3.05) is 46.6 Å². The first-order valence-electron chi connectivity index (χ1n) is 9.38. The maximum atomic E-state index is 13.4. The van der Waals surface area contributed by atoms with E-state index in [1.807, 2.05) is 0 Å². The Morgan fingerprint density at radius 3 is 2.39 bits per heavy atom. The fraction of sp³-hybridized carbons (Fsp3) is 0.368. The maximum Gasteiger partial charge on any atom is 0.244 e. The van der Waals surface area contributed by atoms with Gasteiger partial charge < -0.3 is 14.2 Å². The number of nitrogens with one attached hydrogen (secondary N) is 1. The lowest BCUT2D eigenvalue weighted by molar-refractivity contribution is 0.0730. The van der Waals surface area contributed by atoms with Gasteiger partial charge in [0.15, 0.2) is 0 Å². The minimum atomic E-state index is -4.01. The minimum Gasteiger partial charge on any atom is -0.495 e. The molecule has 0 spiro atoms. The summed E-state index contributed by atoms with van der Waals surface area (Å²) in [4.78, 5) is -0.173. The average molecular weight is 475 g/mol. The molecule has 1 fully saturated rings. The van der Waals surface area contributed by atoms with Crippen molar-refractivity contribution in [2.45, 2.75) is 9.79 Å². The molecule has 0 amide bonds. The lowest BCUT2D eigenvalue weighted by Gasteiger charge is -2.26. The number of methoxy groups -OCH3 is 1. The molecule has 1 saturated heterocycles. The zero-order chi connectivity index (χ0) is 22.5. The monoisotopic (exact) mass is 474 g/mol. The molecular weight excluding hydrogens is 451 g/mol. The third kappa shape index (κ3) is 5.71. The number of hydrogen-bond donors (Lipinski definition) is 1. The van der Waals surface area contributed by atoms with Crippen LogP contribution in [0.3, 0.4) is 0 Å². The van der Waals surface area contributed by atoms with Crippen molar-refractivity contribution in [3.05, 3.63) is 48.3 Å². The van der Waals surface area contributed by atoms with Crippen LogP contribution in [-0.2, 0) is 24.8 Å². The first-order valence-corrected chi connectivity index (χ1v) is 12.3. The van der Waals surface area contributed by atoms with Crippen molar-refractivity contribution in [2.24, 2.45) is 0 Å². The molecule has 0 unspecified atom stereocenters. The van der Waals surface area contributed by atoms with E-state index in [9.17, 15) is 21.2 Å². The maximum absolute atomic E-state index is 13.4. The number of sulfonamides is 2. The fourth-order valence-corrected chi connectivity index (χ4v) is 5.53. The molecule has 170 valence electrons. The number of rotatable bonds is 9. The van der Waals surface area contributed by atoms with Crippen LogP contribution in [-0.4, -0.2) is 67.7 Å². The van der Waals surface area contributed by atoms with Crippen molar-refractivity contribution in [1.29, 1.82) is 0 Å². The molecule has 3 rings (SSSR count). The SMILES string of the molecule is COc1ccc(F)cc1S(=O)(=O)NCCOc1ccc(S(=O)(=O)N2CCOCC2)cc1. The van der Waals surface area contributed by atoms with Crippen LogP contribution in [0.1, 0.15) is 0 Å². The summed E-state index contributed by atoms with van der Waals surface area (Å²) in [5.41, 5.74) is 0. The number of halogens is 1. The Kier molecular flexibility index (Phi) is 7.49. The van der Waals surface area contributed by atoms with E-state index in [1.54, 1.807) is 0 Å². The van der Waals surface area contributed by atoms with Gasteiger partial charge in [-0.15, -0.1) is 0 Å². The standard InChI is InChI=1S/C19H23FN2O7S2/c1-27-18-7-2-15(20)14-19(18)30(23,24)21-8-11-29-16-3-5-17(6-4-16)31(25,26)22-9-12-28-13-10-22/h2-7,14,21H,8-13H2,1H3. The Balaban J connectivity index is 1.56. The molecule has 0 atom stereocenters. The Labute approximate surface area is 180 Å². The first kappa shape index (κ1) is 23.4. The van der Waals surface area contributed by atoms with E-state index in [0.717, 1.165) is 12.1 Å². The van der Waals surface area contributed by atoms with E-state index < -0.39 is 25.9 Å². The van der Waals surface area contributed by atoms with Crippen molar-refractivity contribution in [3.8, 4) is 11.5 Å². The molecule has 2 aromatic rings. The number of benzene rings is 2. The third-order valence-corrected chi connectivity index (χ3v) is 7.90. The number of morpholine rings is 1. The van der Waals surface area contributed by atoms with Gasteiger partial charge in [-0.1, -0.05) is 0 Å². The van der Waals surface area contributed by atoms with Gasteiger partial charge in [-0.05, 0) is 42.5 Å². The molecule has 31 heavy (non-hydrogen) atoms. The molecule has 0 aliphatic carbocycles. The molecular formula is C19H23FN2O7S2. The van der Waals surface area contributed by atoms with Gasteiger partial charge >= 0.3 is 0 Å². The van der Waals surface area contributed by atoms with Crippen LogP contribution in [0, 0.1) is 5.82 Å². The second-order valence-electron chi connectivity index (χ2n) is 6.53. The highest BCUT2D eigenvalue weighted by Crippen LogP contribution is 2.24. The Morgan fingerprint density at radius 2 is 1.74 bits per heavy atom. The molecule has 12 heteroatoms. The predicted octanol–water partition coefficient (Wildman–Crippen LogP) is 1.21. The summed E-state index contributed by atoms with van der Waals surface area (Å²) >= 11 is 0. The molecule has 1 aliphatic rings. The molecule has 0 aromatic heterocycles. The van der Waals surface area contributed by atoms with E-state index in [1.165, 1.54) is 41.7 Å². The largest absolute Gasteiger partial charge is 0.495 e. The number of hydrogen-bond acceptors (Lipinski definition) is 7. The average Bonchev–Trinajstić information content (AvgIpc) is 2.77. The van der Waals surface area contributed by atoms with E-state index in [0.29, 0.717) is 32.1 Å². The highest BCUT2D eigenvalue weighted by molar-refractivity contribution is 7.89. The van der Waals surface area contributed by atoms with Crippen molar-refractivity contribution >= 4 is 20.0 Å². The van der Waals surface area contributed by atoms with Crippen LogP contribution in [0.15, 0.2) is 52.3 Å². The predicted molar refractivity (Wildman–Crippen MR) is 110 cm³/mol. The quantitative estimate of drug-likeness (QED) is 0.544. The van der Waals surface area contributed by atoms with E-state index in [-0.39, 0.29) is 28.7 Å². The normalized spacial score (nSPS) is 15.5. The Morgan fingerprint density at radius 1 is 1.06 bits per heavy atom. The summed E-state index contributed by atoms with van der Waals surface area (Å²) in [5.74, 6) is -0.306. The van der Waals surface area contributed by atoms with Gasteiger partial charge in [0.25, 0.3) is 0 Å². The first-order chi connectivity index (χ1) is 14.7. The fourth-order valence-electron chi connectivity index (χ4n) is 2.93. The highest BCUT2D eigenvalue weighted by atomic mass is 32.2. The Bertz CT molecular complexity index is 1100. The second-order valence-corrected chi connectivity index (χ2v) is 10.2. The van der Waals surface area contributed by atoms with Crippen LogP contribution in [0.2, 0.25) is 0 Å². The lowest BCUT2D eigenvalue weighted by Crippen LogP contribution is -2.40. The summed E-state index contributed by atoms with van der Waals surface area (Å²) in [6.07, 6.45) is 0. The molecule has 1 aliphatic heterocycles. The summed E-state index contributed by atoms with van der Waals surface area (Å²) in [6, 6.07) is 9.06. The Hall–Kier alpha value is -2.25. The van der Waals surface area contributed by atoms with E-state index >= 15 is 0 Å². The van der Waals surface area contributed by atoms with Gasteiger partial charge in [0.2, 0.25) is 20.0 Å². The van der Waals surface area contributed by atoms with Crippen LogP contribution >= 0.6 is 0 Å². The second kappa shape index (κ2) is 9.92. The van der Waals surface area contributed by atoms with E-state index in [4.69, 9.17) is 14.2 Å². The highest BCUT2D eigenvalue weighted by Gasteiger charge is 2.26. The molecule has 0 radical (unpaired) electrons. The number of nitrogens with zero attached hydrogens (tertiary/aromatic N) is 1. The zero-order valence-corrected chi connectivity index (χ0v) is 18.4. The summed E-state index contributed by atoms with van der Waals surface area (Å²) in [6.45, 7) is 1.21. The van der Waals surface area contributed by atoms with Gasteiger partial charge in [0, 0.05) is 19.6 Å². The molecule has 0 saturated carbocycles. The van der Waals surface area contributed by atoms with Crippen LogP contribution in [0.5, 0.6) is 11.5 Å². The number of ether oxygens (including phenoxy) is 3. The van der Waals surface area contributed by atoms with Crippen molar-refractivity contribution in [3.63, 3.8) is 0 Å². The lowest BCUT2D eigenvalue weighted by atomic mass is 10.3. The zero-order valence-electron chi connectivity index (χ0n) is 16.8. The third-order valence-electron chi connectivity index (χ3n) is 4.51. The molecule has 2 aromatic carbocycles. The van der Waals surface area contributed by atoms with Crippen molar-refractivity contribution in [1.82, 2.24) is 9.03 Å². The van der Waals surface area contributed by atoms with Crippen LogP contribution in [0.25, 0.3) is 0 Å². The van der Waals surface area contributed by atoms with Crippen molar-refractivity contribution < 1.29 is 35.4 Å². The van der Waals surface area contributed by atoms with Gasteiger partial charge in [0.05, 0.1) is 25.2 Å². The summed E-state index contributed by atoms with van der Waals surface area (Å²) in [5, 5.41) is 0. The molecule has 1 heterocycles. The topological polar surface area (TPSA) is 111 Å².